The van der Waals surface area contributed by atoms with Crippen molar-refractivity contribution in [1.29, 1.82) is 0 Å². The molecule has 2 heterocycles. The van der Waals surface area contributed by atoms with Gasteiger partial charge in [-0.1, -0.05) is 11.8 Å². The fourth-order valence-corrected chi connectivity index (χ4v) is 3.34. The first-order valence-corrected chi connectivity index (χ1v) is 8.02. The summed E-state index contributed by atoms with van der Waals surface area (Å²) < 4.78 is 7.50. The van der Waals surface area contributed by atoms with Crippen molar-refractivity contribution in [3.8, 4) is 11.4 Å². The maximum Gasteiger partial charge on any atom is 0.269 e. The van der Waals surface area contributed by atoms with Gasteiger partial charge in [-0.05, 0) is 25.0 Å². The predicted molar refractivity (Wildman–Crippen MR) is 82.8 cm³/mol. The highest BCUT2D eigenvalue weighted by molar-refractivity contribution is 7.99. The molecule has 1 aliphatic heterocycles. The Morgan fingerprint density at radius 1 is 1.41 bits per heavy atom. The Labute approximate surface area is 131 Å². The third-order valence-electron chi connectivity index (χ3n) is 3.59. The molecule has 3 rings (SSSR count). The Hall–Kier alpha value is -1.93. The molecule has 22 heavy (non-hydrogen) atoms. The highest BCUT2D eigenvalue weighted by atomic mass is 32.2. The van der Waals surface area contributed by atoms with Crippen molar-refractivity contribution >= 4 is 17.4 Å². The van der Waals surface area contributed by atoms with Crippen molar-refractivity contribution in [2.75, 3.05) is 12.4 Å². The van der Waals surface area contributed by atoms with Crippen molar-refractivity contribution < 1.29 is 9.66 Å². The average molecular weight is 320 g/mol. The van der Waals surface area contributed by atoms with E-state index in [0.717, 1.165) is 35.9 Å². The molecule has 1 saturated heterocycles. The molecule has 1 aliphatic rings. The van der Waals surface area contributed by atoms with Crippen molar-refractivity contribution in [1.82, 2.24) is 14.8 Å². The first kappa shape index (κ1) is 15.0. The summed E-state index contributed by atoms with van der Waals surface area (Å²) in [5.74, 6) is 1.57. The molecular weight excluding hydrogens is 304 g/mol. The molecule has 1 atom stereocenters. The Kier molecular flexibility index (Phi) is 4.39. The van der Waals surface area contributed by atoms with Crippen LogP contribution in [-0.2, 0) is 11.8 Å². The minimum atomic E-state index is -0.413. The summed E-state index contributed by atoms with van der Waals surface area (Å²) in [6.45, 7) is 0.845. The summed E-state index contributed by atoms with van der Waals surface area (Å²) in [4.78, 5) is 10.3. The lowest BCUT2D eigenvalue weighted by molar-refractivity contribution is -0.384. The number of rotatable bonds is 5. The maximum atomic E-state index is 10.7. The number of benzene rings is 1. The van der Waals surface area contributed by atoms with Crippen molar-refractivity contribution in [2.45, 2.75) is 24.1 Å². The van der Waals surface area contributed by atoms with E-state index in [0.29, 0.717) is 11.9 Å². The van der Waals surface area contributed by atoms with Gasteiger partial charge in [0.05, 0.1) is 11.0 Å². The van der Waals surface area contributed by atoms with E-state index in [1.807, 2.05) is 11.6 Å². The predicted octanol–water partition coefficient (Wildman–Crippen LogP) is 2.66. The summed E-state index contributed by atoms with van der Waals surface area (Å²) in [5.41, 5.74) is 0.878. The molecular formula is C14H16N4O3S. The van der Waals surface area contributed by atoms with Crippen LogP contribution in [0.3, 0.4) is 0 Å². The second-order valence-corrected chi connectivity index (χ2v) is 6.10. The van der Waals surface area contributed by atoms with Crippen LogP contribution in [0.5, 0.6) is 0 Å². The average Bonchev–Trinajstić information content (AvgIpc) is 3.15. The number of ether oxygens (including phenoxy) is 1. The molecule has 0 N–H and O–H groups in total. The van der Waals surface area contributed by atoms with Crippen LogP contribution in [0.1, 0.15) is 12.8 Å². The van der Waals surface area contributed by atoms with Gasteiger partial charge in [-0.2, -0.15) is 0 Å². The fourth-order valence-electron chi connectivity index (χ4n) is 2.37. The van der Waals surface area contributed by atoms with Gasteiger partial charge in [-0.25, -0.2) is 0 Å². The lowest BCUT2D eigenvalue weighted by Gasteiger charge is -2.08. The Morgan fingerprint density at radius 2 is 2.18 bits per heavy atom. The molecule has 1 aromatic carbocycles. The van der Waals surface area contributed by atoms with Gasteiger partial charge < -0.3 is 9.30 Å². The Morgan fingerprint density at radius 3 is 2.82 bits per heavy atom. The number of nitro groups is 1. The van der Waals surface area contributed by atoms with E-state index >= 15 is 0 Å². The second-order valence-electron chi connectivity index (χ2n) is 5.12. The van der Waals surface area contributed by atoms with Crippen LogP contribution in [0.25, 0.3) is 11.4 Å². The van der Waals surface area contributed by atoms with Gasteiger partial charge >= 0.3 is 0 Å². The Bertz CT molecular complexity index is 665. The second kappa shape index (κ2) is 6.45. The monoisotopic (exact) mass is 320 g/mol. The van der Waals surface area contributed by atoms with Crippen LogP contribution in [0.15, 0.2) is 29.4 Å². The molecule has 8 heteroatoms. The van der Waals surface area contributed by atoms with E-state index in [4.69, 9.17) is 4.74 Å². The molecule has 1 unspecified atom stereocenters. The van der Waals surface area contributed by atoms with Gasteiger partial charge in [0.15, 0.2) is 11.0 Å². The van der Waals surface area contributed by atoms with Crippen LogP contribution in [-0.4, -0.2) is 38.2 Å². The molecule has 0 spiro atoms. The molecule has 0 aliphatic carbocycles. The zero-order chi connectivity index (χ0) is 15.5. The van der Waals surface area contributed by atoms with E-state index in [1.165, 1.54) is 12.1 Å². The standard InChI is InChI=1S/C14H16N4O3S/c1-17-13(10-4-6-11(7-5-10)18(19)20)15-16-14(17)22-9-12-3-2-8-21-12/h4-7,12H,2-3,8-9H2,1H3. The van der Waals surface area contributed by atoms with E-state index in [1.54, 1.807) is 23.9 Å². The normalized spacial score (nSPS) is 17.8. The lowest BCUT2D eigenvalue weighted by atomic mass is 10.2. The number of hydrogen-bond donors (Lipinski definition) is 0. The number of aromatic nitrogens is 3. The van der Waals surface area contributed by atoms with Crippen molar-refractivity contribution in [2.24, 2.45) is 7.05 Å². The third-order valence-corrected chi connectivity index (χ3v) is 4.75. The van der Waals surface area contributed by atoms with Gasteiger partial charge in [0, 0.05) is 37.1 Å². The number of nitro benzene ring substituents is 1. The molecule has 116 valence electrons. The van der Waals surface area contributed by atoms with E-state index in [-0.39, 0.29) is 5.69 Å². The van der Waals surface area contributed by atoms with Gasteiger partial charge in [0.25, 0.3) is 5.69 Å². The van der Waals surface area contributed by atoms with E-state index in [9.17, 15) is 10.1 Å². The summed E-state index contributed by atoms with van der Waals surface area (Å²) in [6, 6.07) is 6.33. The van der Waals surface area contributed by atoms with Crippen LogP contribution < -0.4 is 0 Å². The van der Waals surface area contributed by atoms with Crippen molar-refractivity contribution in [3.05, 3.63) is 34.4 Å². The van der Waals surface area contributed by atoms with Crippen LogP contribution >= 0.6 is 11.8 Å². The summed E-state index contributed by atoms with van der Waals surface area (Å²) in [5, 5.41) is 19.9. The summed E-state index contributed by atoms with van der Waals surface area (Å²) in [6.07, 6.45) is 2.52. The summed E-state index contributed by atoms with van der Waals surface area (Å²) in [7, 11) is 1.90. The quantitative estimate of drug-likeness (QED) is 0.478. The van der Waals surface area contributed by atoms with Gasteiger partial charge in [-0.15, -0.1) is 10.2 Å². The summed E-state index contributed by atoms with van der Waals surface area (Å²) >= 11 is 1.62. The smallest absolute Gasteiger partial charge is 0.269 e. The molecule has 0 amide bonds. The first-order valence-electron chi connectivity index (χ1n) is 7.04. The minimum absolute atomic E-state index is 0.0684. The van der Waals surface area contributed by atoms with Crippen LogP contribution in [0.2, 0.25) is 0 Å². The fraction of sp³-hybridized carbons (Fsp3) is 0.429. The molecule has 0 radical (unpaired) electrons. The molecule has 0 saturated carbocycles. The molecule has 0 bridgehead atoms. The van der Waals surface area contributed by atoms with E-state index < -0.39 is 4.92 Å². The molecule has 1 aromatic heterocycles. The molecule has 1 fully saturated rings. The van der Waals surface area contributed by atoms with Gasteiger partial charge in [0.1, 0.15) is 0 Å². The maximum absolute atomic E-state index is 10.7. The molecule has 7 nitrogen and oxygen atoms in total. The minimum Gasteiger partial charge on any atom is -0.377 e. The van der Waals surface area contributed by atoms with Gasteiger partial charge in [0.2, 0.25) is 0 Å². The zero-order valence-corrected chi connectivity index (χ0v) is 13.0. The molecule has 2 aromatic rings. The van der Waals surface area contributed by atoms with Crippen molar-refractivity contribution in [3.63, 3.8) is 0 Å². The van der Waals surface area contributed by atoms with Gasteiger partial charge in [-0.3, -0.25) is 10.1 Å². The third kappa shape index (κ3) is 3.12. The van der Waals surface area contributed by atoms with Crippen LogP contribution in [0, 0.1) is 10.1 Å². The number of non-ortho nitro benzene ring substituents is 1. The van der Waals surface area contributed by atoms with Crippen LogP contribution in [0.4, 0.5) is 5.69 Å². The SMILES string of the molecule is Cn1c(SCC2CCCO2)nnc1-c1ccc([N+](=O)[O-])cc1. The zero-order valence-electron chi connectivity index (χ0n) is 12.1. The largest absolute Gasteiger partial charge is 0.377 e. The topological polar surface area (TPSA) is 83.1 Å². The highest BCUT2D eigenvalue weighted by Crippen LogP contribution is 2.26. The Balaban J connectivity index is 1.73. The number of hydrogen-bond acceptors (Lipinski definition) is 6. The highest BCUT2D eigenvalue weighted by Gasteiger charge is 2.18. The number of nitrogens with zero attached hydrogens (tertiary/aromatic N) is 4. The lowest BCUT2D eigenvalue weighted by Crippen LogP contribution is -2.08. The first-order chi connectivity index (χ1) is 10.6. The van der Waals surface area contributed by atoms with E-state index in [2.05, 4.69) is 10.2 Å². The number of thioether (sulfide) groups is 1.